The maximum Gasteiger partial charge on any atom is 0.271 e. The van der Waals surface area contributed by atoms with E-state index in [4.69, 9.17) is 4.74 Å². The summed E-state index contributed by atoms with van der Waals surface area (Å²) in [6, 6.07) is 14.3. The molecule has 1 amide bonds. The van der Waals surface area contributed by atoms with E-state index in [1.54, 1.807) is 24.3 Å². The summed E-state index contributed by atoms with van der Waals surface area (Å²) >= 11 is 0. The minimum atomic E-state index is -0.908. The number of ether oxygens (including phenoxy) is 1. The number of carbonyl (C=O) groups is 2. The summed E-state index contributed by atoms with van der Waals surface area (Å²) in [5, 5.41) is 6.75. The van der Waals surface area contributed by atoms with Crippen molar-refractivity contribution < 1.29 is 18.7 Å². The Bertz CT molecular complexity index is 1090. The second kappa shape index (κ2) is 8.47. The van der Waals surface area contributed by atoms with Gasteiger partial charge < -0.3 is 10.1 Å². The van der Waals surface area contributed by atoms with Crippen molar-refractivity contribution in [2.45, 2.75) is 20.0 Å². The van der Waals surface area contributed by atoms with Gasteiger partial charge in [0.1, 0.15) is 5.82 Å². The molecular formula is C21H18FN3O4. The molecule has 0 radical (unpaired) electrons. The standard InChI is InChI=1S/C21H18FN3O4/c1-13(26)15-3-7-17(8-4-15)23-21(28)14(2)29-19-11-12-20(27)25(24-19)18-9-5-16(22)6-10-18/h3-12,14H,1-2H3,(H,23,28)/t14-/m0/s1. The first-order valence-corrected chi connectivity index (χ1v) is 8.78. The normalized spacial score (nSPS) is 11.6. The van der Waals surface area contributed by atoms with Gasteiger partial charge in [-0.2, -0.15) is 4.68 Å². The number of hydrogen-bond donors (Lipinski definition) is 1. The molecule has 0 aliphatic heterocycles. The molecule has 0 aliphatic carbocycles. The van der Waals surface area contributed by atoms with Gasteiger partial charge in [0.05, 0.1) is 5.69 Å². The Morgan fingerprint density at radius 2 is 1.69 bits per heavy atom. The van der Waals surface area contributed by atoms with E-state index in [-0.39, 0.29) is 11.7 Å². The van der Waals surface area contributed by atoms with Crippen LogP contribution < -0.4 is 15.6 Å². The van der Waals surface area contributed by atoms with Crippen molar-refractivity contribution >= 4 is 17.4 Å². The van der Waals surface area contributed by atoms with Crippen molar-refractivity contribution in [3.05, 3.63) is 82.4 Å². The monoisotopic (exact) mass is 395 g/mol. The SMILES string of the molecule is CC(=O)c1ccc(NC(=O)[C@H](C)Oc2ccc(=O)n(-c3ccc(F)cc3)n2)cc1. The topological polar surface area (TPSA) is 90.3 Å². The van der Waals surface area contributed by atoms with Crippen LogP contribution in [0.5, 0.6) is 5.88 Å². The number of hydrogen-bond acceptors (Lipinski definition) is 5. The molecule has 3 aromatic rings. The number of ketones is 1. The third-order valence-electron chi connectivity index (χ3n) is 4.07. The van der Waals surface area contributed by atoms with Gasteiger partial charge in [-0.3, -0.25) is 14.4 Å². The van der Waals surface area contributed by atoms with Gasteiger partial charge in [-0.1, -0.05) is 0 Å². The number of nitrogens with one attached hydrogen (secondary N) is 1. The van der Waals surface area contributed by atoms with E-state index in [0.29, 0.717) is 16.9 Å². The average molecular weight is 395 g/mol. The zero-order valence-corrected chi connectivity index (χ0v) is 15.8. The predicted molar refractivity (Wildman–Crippen MR) is 105 cm³/mol. The third-order valence-corrected chi connectivity index (χ3v) is 4.07. The van der Waals surface area contributed by atoms with Gasteiger partial charge in [-0.15, -0.1) is 5.10 Å². The number of anilines is 1. The molecule has 8 heteroatoms. The van der Waals surface area contributed by atoms with Crippen LogP contribution in [-0.4, -0.2) is 27.6 Å². The van der Waals surface area contributed by atoms with E-state index in [1.807, 2.05) is 0 Å². The lowest BCUT2D eigenvalue weighted by Gasteiger charge is -2.15. The van der Waals surface area contributed by atoms with Crippen molar-refractivity contribution in [3.63, 3.8) is 0 Å². The quantitative estimate of drug-likeness (QED) is 0.648. The van der Waals surface area contributed by atoms with Crippen LogP contribution in [0.25, 0.3) is 5.69 Å². The summed E-state index contributed by atoms with van der Waals surface area (Å²) in [5.74, 6) is -0.872. The molecule has 7 nitrogen and oxygen atoms in total. The van der Waals surface area contributed by atoms with Gasteiger partial charge in [-0.25, -0.2) is 4.39 Å². The van der Waals surface area contributed by atoms with Crippen LogP contribution in [0.3, 0.4) is 0 Å². The summed E-state index contributed by atoms with van der Waals surface area (Å²) in [6.07, 6.45) is -0.908. The number of halogens is 1. The fourth-order valence-electron chi connectivity index (χ4n) is 2.49. The van der Waals surface area contributed by atoms with E-state index < -0.39 is 23.4 Å². The highest BCUT2D eigenvalue weighted by molar-refractivity contribution is 5.96. The van der Waals surface area contributed by atoms with Crippen LogP contribution >= 0.6 is 0 Å². The predicted octanol–water partition coefficient (Wildman–Crippen LogP) is 2.98. The molecular weight excluding hydrogens is 377 g/mol. The van der Waals surface area contributed by atoms with Gasteiger partial charge in [-0.05, 0) is 62.4 Å². The van der Waals surface area contributed by atoms with Gasteiger partial charge in [0.15, 0.2) is 11.9 Å². The zero-order chi connectivity index (χ0) is 21.0. The summed E-state index contributed by atoms with van der Waals surface area (Å²) in [4.78, 5) is 35.7. The number of amides is 1. The van der Waals surface area contributed by atoms with Crippen molar-refractivity contribution in [1.82, 2.24) is 9.78 Å². The highest BCUT2D eigenvalue weighted by Crippen LogP contribution is 2.13. The number of carbonyl (C=O) groups excluding carboxylic acids is 2. The Hall–Kier alpha value is -3.81. The molecule has 1 N–H and O–H groups in total. The van der Waals surface area contributed by atoms with E-state index in [2.05, 4.69) is 10.4 Å². The third kappa shape index (κ3) is 4.92. The van der Waals surface area contributed by atoms with Gasteiger partial charge in [0.25, 0.3) is 11.5 Å². The van der Waals surface area contributed by atoms with Crippen molar-refractivity contribution in [1.29, 1.82) is 0 Å². The fourth-order valence-corrected chi connectivity index (χ4v) is 2.49. The maximum absolute atomic E-state index is 13.1. The first-order valence-electron chi connectivity index (χ1n) is 8.78. The molecule has 1 heterocycles. The largest absolute Gasteiger partial charge is 0.463 e. The number of Topliss-reactive ketones (excluding diaryl/α,β-unsaturated/α-hetero) is 1. The van der Waals surface area contributed by atoms with Gasteiger partial charge in [0.2, 0.25) is 5.88 Å². The number of benzene rings is 2. The molecule has 2 aromatic carbocycles. The first-order chi connectivity index (χ1) is 13.8. The lowest BCUT2D eigenvalue weighted by atomic mass is 10.1. The van der Waals surface area contributed by atoms with E-state index in [1.165, 1.54) is 50.2 Å². The highest BCUT2D eigenvalue weighted by Gasteiger charge is 2.16. The molecule has 29 heavy (non-hydrogen) atoms. The molecule has 0 saturated carbocycles. The molecule has 0 saturated heterocycles. The molecule has 1 aromatic heterocycles. The second-order valence-electron chi connectivity index (χ2n) is 6.28. The minimum Gasteiger partial charge on any atom is -0.463 e. The smallest absolute Gasteiger partial charge is 0.271 e. The second-order valence-corrected chi connectivity index (χ2v) is 6.28. The van der Waals surface area contributed by atoms with Crippen molar-refractivity contribution in [3.8, 4) is 11.6 Å². The molecule has 0 spiro atoms. The average Bonchev–Trinajstić information content (AvgIpc) is 2.70. The molecule has 148 valence electrons. The van der Waals surface area contributed by atoms with Crippen molar-refractivity contribution in [2.24, 2.45) is 0 Å². The molecule has 1 atom stereocenters. The number of aromatic nitrogens is 2. The molecule has 0 fully saturated rings. The maximum atomic E-state index is 13.1. The van der Waals surface area contributed by atoms with E-state index in [0.717, 1.165) is 4.68 Å². The Labute approximate surface area is 165 Å². The van der Waals surface area contributed by atoms with Gasteiger partial charge >= 0.3 is 0 Å². The molecule has 0 unspecified atom stereocenters. The van der Waals surface area contributed by atoms with Crippen LogP contribution in [-0.2, 0) is 4.79 Å². The molecule has 0 bridgehead atoms. The van der Waals surface area contributed by atoms with Crippen LogP contribution in [0.1, 0.15) is 24.2 Å². The van der Waals surface area contributed by atoms with Crippen molar-refractivity contribution in [2.75, 3.05) is 5.32 Å². The molecule has 0 aliphatic rings. The number of nitrogens with zero attached hydrogens (tertiary/aromatic N) is 2. The first kappa shape index (κ1) is 19.9. The van der Waals surface area contributed by atoms with E-state index in [9.17, 15) is 18.8 Å². The van der Waals surface area contributed by atoms with Crippen LogP contribution in [0.4, 0.5) is 10.1 Å². The summed E-state index contributed by atoms with van der Waals surface area (Å²) in [5.41, 5.74) is 0.996. The Morgan fingerprint density at radius 3 is 2.31 bits per heavy atom. The highest BCUT2D eigenvalue weighted by atomic mass is 19.1. The Balaban J connectivity index is 1.71. The lowest BCUT2D eigenvalue weighted by molar-refractivity contribution is -0.122. The summed E-state index contributed by atoms with van der Waals surface area (Å²) < 4.78 is 19.7. The fraction of sp³-hybridized carbons (Fsp3) is 0.143. The van der Waals surface area contributed by atoms with Crippen LogP contribution in [0.2, 0.25) is 0 Å². The summed E-state index contributed by atoms with van der Waals surface area (Å²) in [6.45, 7) is 3.00. The molecule has 3 rings (SSSR count). The van der Waals surface area contributed by atoms with Crippen LogP contribution in [0, 0.1) is 5.82 Å². The lowest BCUT2D eigenvalue weighted by Crippen LogP contribution is -2.31. The Kier molecular flexibility index (Phi) is 5.82. The van der Waals surface area contributed by atoms with Crippen LogP contribution in [0.15, 0.2) is 65.5 Å². The number of rotatable bonds is 6. The van der Waals surface area contributed by atoms with Gasteiger partial charge in [0, 0.05) is 23.4 Å². The van der Waals surface area contributed by atoms with E-state index >= 15 is 0 Å². The summed E-state index contributed by atoms with van der Waals surface area (Å²) in [7, 11) is 0. The Morgan fingerprint density at radius 1 is 1.03 bits per heavy atom. The zero-order valence-electron chi connectivity index (χ0n) is 15.8. The minimum absolute atomic E-state index is 0.0588.